The monoisotopic (exact) mass is 285 g/mol. The average Bonchev–Trinajstić information content (AvgIpc) is 2.50. The number of nitrogens with one attached hydrogen (secondary N) is 1. The molecule has 0 aliphatic heterocycles. The summed E-state index contributed by atoms with van der Waals surface area (Å²) >= 11 is 0. The second-order valence-corrected chi connectivity index (χ2v) is 6.20. The van der Waals surface area contributed by atoms with Crippen LogP contribution in [0, 0.1) is 5.41 Å². The highest BCUT2D eigenvalue weighted by molar-refractivity contribution is 6.06. The number of amides is 1. The topological polar surface area (TPSA) is 49.3 Å². The van der Waals surface area contributed by atoms with Gasteiger partial charge in [-0.3, -0.25) is 4.79 Å². The highest BCUT2D eigenvalue weighted by Gasteiger charge is 2.19. The predicted octanol–water partition coefficient (Wildman–Crippen LogP) is 3.37. The van der Waals surface area contributed by atoms with Gasteiger partial charge in [0.2, 0.25) is 0 Å². The zero-order chi connectivity index (χ0) is 15.3. The molecule has 0 saturated carbocycles. The zero-order valence-electron chi connectivity index (χ0n) is 12.7. The van der Waals surface area contributed by atoms with Crippen LogP contribution in [-0.2, 0) is 0 Å². The minimum Gasteiger partial charge on any atom is -0.396 e. The number of hydrogen-bond acceptors (Lipinski definition) is 2. The fraction of sp³-hybridized carbons (Fsp3) is 0.389. The molecule has 0 saturated heterocycles. The summed E-state index contributed by atoms with van der Waals surface area (Å²) in [5.74, 6) is -0.0381. The number of carbonyl (C=O) groups excluding carboxylic acids is 1. The lowest BCUT2D eigenvalue weighted by atomic mass is 9.88. The van der Waals surface area contributed by atoms with Crippen LogP contribution in [0.4, 0.5) is 0 Å². The Morgan fingerprint density at radius 1 is 1.14 bits per heavy atom. The Bertz CT molecular complexity index is 614. The summed E-state index contributed by atoms with van der Waals surface area (Å²) in [5.41, 5.74) is 0.703. The van der Waals surface area contributed by atoms with Crippen molar-refractivity contribution < 1.29 is 9.90 Å². The Morgan fingerprint density at radius 3 is 2.62 bits per heavy atom. The molecule has 0 atom stereocenters. The SMILES string of the molecule is CC(C)(CCCO)CNC(=O)c1cccc2ccccc12. The molecule has 0 fully saturated rings. The van der Waals surface area contributed by atoms with Crippen molar-refractivity contribution in [3.63, 3.8) is 0 Å². The van der Waals surface area contributed by atoms with Crippen molar-refractivity contribution in [3.8, 4) is 0 Å². The van der Waals surface area contributed by atoms with Crippen LogP contribution in [0.1, 0.15) is 37.0 Å². The number of benzene rings is 2. The Hall–Kier alpha value is -1.87. The first kappa shape index (κ1) is 15.5. The third kappa shape index (κ3) is 4.05. The number of aliphatic hydroxyl groups excluding tert-OH is 1. The van der Waals surface area contributed by atoms with Crippen molar-refractivity contribution >= 4 is 16.7 Å². The van der Waals surface area contributed by atoms with Crippen LogP contribution in [0.2, 0.25) is 0 Å². The van der Waals surface area contributed by atoms with Gasteiger partial charge in [-0.15, -0.1) is 0 Å². The second kappa shape index (κ2) is 6.72. The van der Waals surface area contributed by atoms with Gasteiger partial charge < -0.3 is 10.4 Å². The molecule has 2 aromatic carbocycles. The van der Waals surface area contributed by atoms with Crippen LogP contribution in [-0.4, -0.2) is 24.2 Å². The second-order valence-electron chi connectivity index (χ2n) is 6.20. The molecular formula is C18H23NO2. The maximum Gasteiger partial charge on any atom is 0.251 e. The average molecular weight is 285 g/mol. The molecule has 0 spiro atoms. The number of rotatable bonds is 6. The summed E-state index contributed by atoms with van der Waals surface area (Å²) in [4.78, 5) is 12.4. The van der Waals surface area contributed by atoms with Gasteiger partial charge in [0.25, 0.3) is 5.91 Å². The van der Waals surface area contributed by atoms with Crippen molar-refractivity contribution in [2.24, 2.45) is 5.41 Å². The summed E-state index contributed by atoms with van der Waals surface area (Å²) in [6.45, 7) is 5.01. The minimum atomic E-state index is -0.0381. The van der Waals surface area contributed by atoms with E-state index in [1.54, 1.807) is 0 Å². The highest BCUT2D eigenvalue weighted by Crippen LogP contribution is 2.22. The Morgan fingerprint density at radius 2 is 1.86 bits per heavy atom. The standard InChI is InChI=1S/C18H23NO2/c1-18(2,11-6-12-20)13-19-17(21)16-10-5-8-14-7-3-4-9-15(14)16/h3-5,7-10,20H,6,11-13H2,1-2H3,(H,19,21). The Balaban J connectivity index is 2.09. The molecule has 112 valence electrons. The first-order valence-electron chi connectivity index (χ1n) is 7.40. The zero-order valence-corrected chi connectivity index (χ0v) is 12.7. The highest BCUT2D eigenvalue weighted by atomic mass is 16.2. The molecule has 2 N–H and O–H groups in total. The fourth-order valence-electron chi connectivity index (χ4n) is 2.48. The summed E-state index contributed by atoms with van der Waals surface area (Å²) in [6.07, 6.45) is 1.65. The molecule has 0 aliphatic rings. The molecule has 1 amide bonds. The van der Waals surface area contributed by atoms with Gasteiger partial charge in [-0.2, -0.15) is 0 Å². The summed E-state index contributed by atoms with van der Waals surface area (Å²) in [7, 11) is 0. The first-order valence-corrected chi connectivity index (χ1v) is 7.40. The van der Waals surface area contributed by atoms with Gasteiger partial charge in [-0.05, 0) is 35.1 Å². The lowest BCUT2D eigenvalue weighted by molar-refractivity contribution is 0.0934. The van der Waals surface area contributed by atoms with Crippen LogP contribution >= 0.6 is 0 Å². The van der Waals surface area contributed by atoms with E-state index >= 15 is 0 Å². The van der Waals surface area contributed by atoms with Crippen molar-refractivity contribution in [2.45, 2.75) is 26.7 Å². The van der Waals surface area contributed by atoms with E-state index in [9.17, 15) is 4.79 Å². The largest absolute Gasteiger partial charge is 0.396 e. The van der Waals surface area contributed by atoms with E-state index in [0.29, 0.717) is 12.1 Å². The van der Waals surface area contributed by atoms with Gasteiger partial charge in [-0.1, -0.05) is 50.2 Å². The molecule has 3 heteroatoms. The smallest absolute Gasteiger partial charge is 0.251 e. The quantitative estimate of drug-likeness (QED) is 0.855. The van der Waals surface area contributed by atoms with E-state index in [1.807, 2.05) is 42.5 Å². The lowest BCUT2D eigenvalue weighted by Crippen LogP contribution is -2.34. The molecule has 0 aromatic heterocycles. The van der Waals surface area contributed by atoms with Crippen molar-refractivity contribution in [3.05, 3.63) is 48.0 Å². The number of aliphatic hydroxyl groups is 1. The molecule has 0 aliphatic carbocycles. The van der Waals surface area contributed by atoms with E-state index in [2.05, 4.69) is 19.2 Å². The maximum atomic E-state index is 12.4. The van der Waals surface area contributed by atoms with Gasteiger partial charge in [0.05, 0.1) is 0 Å². The van der Waals surface area contributed by atoms with E-state index in [-0.39, 0.29) is 17.9 Å². The first-order chi connectivity index (χ1) is 10.0. The summed E-state index contributed by atoms with van der Waals surface area (Å²) in [5, 5.41) is 14.0. The molecule has 0 unspecified atom stereocenters. The van der Waals surface area contributed by atoms with Gasteiger partial charge in [0.1, 0.15) is 0 Å². The number of fused-ring (bicyclic) bond motifs is 1. The Labute approximate surface area is 126 Å². The molecule has 0 heterocycles. The van der Waals surface area contributed by atoms with E-state index < -0.39 is 0 Å². The van der Waals surface area contributed by atoms with Crippen molar-refractivity contribution in [2.75, 3.05) is 13.2 Å². The Kier molecular flexibility index (Phi) is 4.97. The fourth-order valence-corrected chi connectivity index (χ4v) is 2.48. The molecule has 2 aromatic rings. The predicted molar refractivity (Wildman–Crippen MR) is 86.4 cm³/mol. The van der Waals surface area contributed by atoms with Crippen LogP contribution in [0.3, 0.4) is 0 Å². The third-order valence-electron chi connectivity index (χ3n) is 3.77. The minimum absolute atomic E-state index is 0.0109. The molecular weight excluding hydrogens is 262 g/mol. The van der Waals surface area contributed by atoms with E-state index in [1.165, 1.54) is 0 Å². The normalized spacial score (nSPS) is 11.6. The van der Waals surface area contributed by atoms with Gasteiger partial charge in [0.15, 0.2) is 0 Å². The maximum absolute atomic E-state index is 12.4. The third-order valence-corrected chi connectivity index (χ3v) is 3.77. The summed E-state index contributed by atoms with van der Waals surface area (Å²) in [6, 6.07) is 13.7. The lowest BCUT2D eigenvalue weighted by Gasteiger charge is -2.24. The van der Waals surface area contributed by atoms with Crippen LogP contribution in [0.5, 0.6) is 0 Å². The van der Waals surface area contributed by atoms with E-state index in [4.69, 9.17) is 5.11 Å². The molecule has 0 radical (unpaired) electrons. The van der Waals surface area contributed by atoms with Crippen LogP contribution < -0.4 is 5.32 Å². The molecule has 0 bridgehead atoms. The van der Waals surface area contributed by atoms with E-state index in [0.717, 1.165) is 23.6 Å². The molecule has 2 rings (SSSR count). The van der Waals surface area contributed by atoms with Gasteiger partial charge in [-0.25, -0.2) is 0 Å². The van der Waals surface area contributed by atoms with Gasteiger partial charge in [0, 0.05) is 18.7 Å². The van der Waals surface area contributed by atoms with Crippen LogP contribution in [0.15, 0.2) is 42.5 Å². The summed E-state index contributed by atoms with van der Waals surface area (Å²) < 4.78 is 0. The number of carbonyl (C=O) groups is 1. The number of hydrogen-bond donors (Lipinski definition) is 2. The molecule has 3 nitrogen and oxygen atoms in total. The van der Waals surface area contributed by atoms with Gasteiger partial charge >= 0.3 is 0 Å². The van der Waals surface area contributed by atoms with Crippen LogP contribution in [0.25, 0.3) is 10.8 Å². The van der Waals surface area contributed by atoms with Crippen molar-refractivity contribution in [1.29, 1.82) is 0 Å². The molecule has 21 heavy (non-hydrogen) atoms. The van der Waals surface area contributed by atoms with Crippen molar-refractivity contribution in [1.82, 2.24) is 5.32 Å².